The van der Waals surface area contributed by atoms with E-state index >= 15 is 0 Å². The van der Waals surface area contributed by atoms with E-state index in [0.29, 0.717) is 0 Å². The maximum Gasteiger partial charge on any atom is 3.00 e. The molecule has 0 aliphatic rings. The molecule has 1 radical (unpaired) electrons. The summed E-state index contributed by atoms with van der Waals surface area (Å²) < 4.78 is 0. The Kier molecular flexibility index (Phi) is 190. The fourth-order valence-electron chi connectivity index (χ4n) is 0. The van der Waals surface area contributed by atoms with Gasteiger partial charge < -0.3 is 94.3 Å². The largest absolute Gasteiger partial charge is 3.00 e. The molecule has 0 amide bonds. The molecule has 3 unspecified atom stereocenters. The van der Waals surface area contributed by atoms with Gasteiger partial charge >= 0.3 is 17.1 Å². The Morgan fingerprint density at radius 2 is 0.536 bits per heavy atom. The molecular weight excluding hydrogens is 452 g/mol. The van der Waals surface area contributed by atoms with Crippen molar-refractivity contribution in [1.29, 1.82) is 0 Å². The number of aliphatic hydroxyl groups excluding tert-OH is 3. The third-order valence-electron chi connectivity index (χ3n) is 1.02. The summed E-state index contributed by atoms with van der Waals surface area (Å²) in [5, 5.41) is 51.9. The van der Waals surface area contributed by atoms with Gasteiger partial charge in [0.1, 0.15) is 0 Å². The van der Waals surface area contributed by atoms with Gasteiger partial charge in [0.25, 0.3) is 0 Å². The zero-order valence-electron chi connectivity index (χ0n) is 14.9. The van der Waals surface area contributed by atoms with Crippen LogP contribution in [0.4, 0.5) is 0 Å². The van der Waals surface area contributed by atoms with Gasteiger partial charge in [0, 0.05) is 0 Å². The van der Waals surface area contributed by atoms with E-state index in [4.69, 9.17) is 15.3 Å². The minimum Gasteiger partial charge on any atom is -0.547 e. The van der Waals surface area contributed by atoms with Crippen LogP contribution in [0.1, 0.15) is 20.8 Å². The average molecular weight is 485 g/mol. The van der Waals surface area contributed by atoms with Crippen molar-refractivity contribution in [3.05, 3.63) is 0 Å². The van der Waals surface area contributed by atoms with Crippen LogP contribution in [0.25, 0.3) is 0 Å². The van der Waals surface area contributed by atoms with Gasteiger partial charge in [0.2, 0.25) is 0 Å². The number of carboxylic acids is 3. The summed E-state index contributed by atoms with van der Waals surface area (Å²) in [6, 6.07) is 0. The molecule has 0 aromatic carbocycles. The summed E-state index contributed by atoms with van der Waals surface area (Å²) in [5.74, 6) is -4.31. The summed E-state index contributed by atoms with van der Waals surface area (Å²) >= 11 is 0. The van der Waals surface area contributed by atoms with Crippen molar-refractivity contribution < 1.29 is 111 Å². The number of hydrogen-bond donors (Lipinski definition) is 3. The van der Waals surface area contributed by atoms with Crippen molar-refractivity contribution in [1.82, 2.24) is 0 Å². The Balaban J connectivity index is -0.00000000930. The Hall–Kier alpha value is -1.55. The third kappa shape index (κ3) is 123. The van der Waals surface area contributed by atoms with E-state index in [1.54, 1.807) is 0 Å². The Morgan fingerprint density at radius 3 is 0.536 bits per heavy atom. The van der Waals surface area contributed by atoms with Gasteiger partial charge in [0.05, 0.1) is 36.2 Å². The zero-order chi connectivity index (χ0) is 15.5. The quantitative estimate of drug-likeness (QED) is 0.319. The summed E-state index contributed by atoms with van der Waals surface area (Å²) in [5.41, 5.74) is 0. The minimum absolute atomic E-state index is 0. The number of hydrogen-bond acceptors (Lipinski definition) is 9. The summed E-state index contributed by atoms with van der Waals surface area (Å²) in [7, 11) is 0. The number of rotatable bonds is 3. The maximum atomic E-state index is 9.34. The second-order valence-electron chi connectivity index (χ2n) is 2.99. The van der Waals surface area contributed by atoms with Crippen molar-refractivity contribution in [3.63, 3.8) is 0 Å². The molecule has 0 aromatic rings. The molecule has 0 rings (SSSR count). The van der Waals surface area contributed by atoms with E-state index in [2.05, 4.69) is 0 Å². The van der Waals surface area contributed by atoms with Crippen LogP contribution in [0.5, 0.6) is 0 Å². The van der Waals surface area contributed by atoms with Crippen molar-refractivity contribution in [2.75, 3.05) is 0 Å². The first kappa shape index (κ1) is 94.7. The van der Waals surface area contributed by atoms with Crippen molar-refractivity contribution in [3.8, 4) is 0 Å². The molecule has 0 bridgehead atoms. The second kappa shape index (κ2) is 56.2. The summed E-state index contributed by atoms with van der Waals surface area (Å²) in [6.07, 6.45) is -4.03. The minimum atomic E-state index is -1.44. The first-order chi connectivity index (χ1) is 7.93. The first-order valence-electron chi connectivity index (χ1n) is 4.60. The number of carbonyl (C=O) groups is 3. The summed E-state index contributed by atoms with van der Waals surface area (Å²) in [4.78, 5) is 28.0. The Morgan fingerprint density at radius 1 is 0.500 bits per heavy atom. The number of aliphatic carboxylic acids is 3. The molecule has 21 N–H and O–H groups in total. The van der Waals surface area contributed by atoms with E-state index in [1.165, 1.54) is 0 Å². The molecule has 0 fully saturated rings. The van der Waals surface area contributed by atoms with Gasteiger partial charge in [-0.25, -0.2) is 0 Å². The molecule has 18 nitrogen and oxygen atoms in total. The van der Waals surface area contributed by atoms with Gasteiger partial charge in [-0.1, -0.05) is 0 Å². The standard InChI is InChI=1S/3C3H6O3.Fe.9H2O/c3*1-2(4)3(5)6;;;;;;;;;;/h3*2,4H,1H3,(H,5,6);;9*1H2/q;;;+3;;;;;;;;;/p-3. The van der Waals surface area contributed by atoms with Gasteiger partial charge in [-0.3, -0.25) is 0 Å². The molecule has 0 saturated heterocycles. The average Bonchev–Trinajstić information content (AvgIpc) is 2.18. The molecular formula is C9H33FeO18. The first-order valence-corrected chi connectivity index (χ1v) is 4.60. The van der Waals surface area contributed by atoms with E-state index in [1.807, 2.05) is 0 Å². The van der Waals surface area contributed by atoms with E-state index in [0.717, 1.165) is 20.8 Å². The van der Waals surface area contributed by atoms with Crippen molar-refractivity contribution in [2.24, 2.45) is 0 Å². The smallest absolute Gasteiger partial charge is 0.547 e. The van der Waals surface area contributed by atoms with E-state index < -0.39 is 36.2 Å². The van der Waals surface area contributed by atoms with Crippen LogP contribution in [0.2, 0.25) is 0 Å². The number of aliphatic hydroxyl groups is 3. The molecule has 0 aliphatic carbocycles. The maximum absolute atomic E-state index is 9.34. The zero-order valence-corrected chi connectivity index (χ0v) is 16.0. The van der Waals surface area contributed by atoms with Crippen LogP contribution < -0.4 is 15.3 Å². The molecule has 28 heavy (non-hydrogen) atoms. The predicted octanol–water partition coefficient (Wildman–Crippen LogP) is -13.1. The second-order valence-corrected chi connectivity index (χ2v) is 2.99. The molecule has 0 aliphatic heterocycles. The Bertz CT molecular complexity index is 227. The third-order valence-corrected chi connectivity index (χ3v) is 1.02. The van der Waals surface area contributed by atoms with Gasteiger partial charge in [-0.05, 0) is 20.8 Å². The van der Waals surface area contributed by atoms with Crippen LogP contribution in [0.15, 0.2) is 0 Å². The molecule has 3 atom stereocenters. The topological polar surface area (TPSA) is 465 Å². The van der Waals surface area contributed by atoms with Crippen molar-refractivity contribution in [2.45, 2.75) is 39.1 Å². The SMILES string of the molecule is CC(O)C(=O)[O-].CC(O)C(=O)[O-].CC(O)C(=O)[O-].O.O.O.O.O.O.O.O.O.[Fe+3]. The monoisotopic (exact) mass is 485 g/mol. The normalized spacial score (nSPS) is 8.79. The molecule has 0 spiro atoms. The van der Waals surface area contributed by atoms with E-state index in [-0.39, 0.29) is 66.4 Å². The fourth-order valence-corrected chi connectivity index (χ4v) is 0. The predicted molar refractivity (Wildman–Crippen MR) is 82.6 cm³/mol. The molecule has 0 saturated carbocycles. The van der Waals surface area contributed by atoms with Gasteiger partial charge in [0.15, 0.2) is 0 Å². The van der Waals surface area contributed by atoms with Crippen LogP contribution in [0, 0.1) is 0 Å². The van der Waals surface area contributed by atoms with Crippen LogP contribution in [-0.4, -0.2) is 101 Å². The Labute approximate surface area is 169 Å². The molecule has 185 valence electrons. The van der Waals surface area contributed by atoms with E-state index in [9.17, 15) is 29.7 Å². The van der Waals surface area contributed by atoms with Crippen molar-refractivity contribution >= 4 is 17.9 Å². The molecule has 19 heteroatoms. The van der Waals surface area contributed by atoms with Crippen LogP contribution >= 0.6 is 0 Å². The number of carbonyl (C=O) groups excluding carboxylic acids is 3. The fraction of sp³-hybridized carbons (Fsp3) is 0.667. The number of carboxylic acid groups (broad SMARTS) is 3. The summed E-state index contributed by atoms with van der Waals surface area (Å²) in [6.45, 7) is 3.40. The van der Waals surface area contributed by atoms with Crippen LogP contribution in [0.3, 0.4) is 0 Å². The van der Waals surface area contributed by atoms with Crippen LogP contribution in [-0.2, 0) is 31.5 Å². The van der Waals surface area contributed by atoms with Gasteiger partial charge in [-0.2, -0.15) is 0 Å². The van der Waals surface area contributed by atoms with Gasteiger partial charge in [-0.15, -0.1) is 0 Å². The molecule has 0 aromatic heterocycles. The molecule has 0 heterocycles.